The van der Waals surface area contributed by atoms with E-state index in [0.29, 0.717) is 30.0 Å². The first-order chi connectivity index (χ1) is 15.1. The number of fused-ring (bicyclic) bond motifs is 1. The number of halogens is 1. The van der Waals surface area contributed by atoms with E-state index in [1.165, 1.54) is 6.07 Å². The van der Waals surface area contributed by atoms with Crippen molar-refractivity contribution in [1.29, 1.82) is 0 Å². The quantitative estimate of drug-likeness (QED) is 0.645. The standard InChI is InChI=1S/C24H21FN4O2/c25-18-9-8-16(12-19(18)26)22-14-27-20(11-15-5-2-1-3-6-15)23-28-21(24(30)29(22)23)13-17-7-4-10-31-17/h1-10,12,14,20-22H,11,13,26H2. The van der Waals surface area contributed by atoms with Gasteiger partial charge in [0.2, 0.25) is 0 Å². The van der Waals surface area contributed by atoms with Gasteiger partial charge in [-0.25, -0.2) is 4.39 Å². The van der Waals surface area contributed by atoms with Gasteiger partial charge in [-0.15, -0.1) is 0 Å². The molecule has 3 atom stereocenters. The third-order valence-corrected chi connectivity index (χ3v) is 5.65. The highest BCUT2D eigenvalue weighted by Gasteiger charge is 2.44. The summed E-state index contributed by atoms with van der Waals surface area (Å²) in [5.41, 5.74) is 7.62. The molecule has 2 aliphatic rings. The first kappa shape index (κ1) is 19.2. The average Bonchev–Trinajstić information content (AvgIpc) is 3.40. The van der Waals surface area contributed by atoms with E-state index in [4.69, 9.17) is 20.1 Å². The maximum absolute atomic E-state index is 13.7. The van der Waals surface area contributed by atoms with E-state index >= 15 is 0 Å². The maximum atomic E-state index is 13.7. The van der Waals surface area contributed by atoms with Crippen LogP contribution in [-0.4, -0.2) is 34.9 Å². The van der Waals surface area contributed by atoms with Gasteiger partial charge in [-0.05, 0) is 35.4 Å². The van der Waals surface area contributed by atoms with Gasteiger partial charge in [-0.3, -0.25) is 19.7 Å². The van der Waals surface area contributed by atoms with E-state index in [9.17, 15) is 9.18 Å². The monoisotopic (exact) mass is 416 g/mol. The number of nitrogens with two attached hydrogens (primary N) is 1. The Balaban J connectivity index is 1.51. The predicted molar refractivity (Wildman–Crippen MR) is 116 cm³/mol. The van der Waals surface area contributed by atoms with Crippen molar-refractivity contribution < 1.29 is 13.6 Å². The highest BCUT2D eigenvalue weighted by Crippen LogP contribution is 2.33. The fourth-order valence-corrected chi connectivity index (χ4v) is 4.11. The largest absolute Gasteiger partial charge is 0.469 e. The molecule has 0 spiro atoms. The van der Waals surface area contributed by atoms with Crippen LogP contribution in [0.4, 0.5) is 10.1 Å². The first-order valence-corrected chi connectivity index (χ1v) is 10.2. The van der Waals surface area contributed by atoms with Gasteiger partial charge in [0.25, 0.3) is 5.91 Å². The van der Waals surface area contributed by atoms with Gasteiger partial charge in [0.05, 0.1) is 18.0 Å². The van der Waals surface area contributed by atoms with Gasteiger partial charge in [-0.2, -0.15) is 0 Å². The molecule has 0 radical (unpaired) electrons. The van der Waals surface area contributed by atoms with E-state index in [-0.39, 0.29) is 17.6 Å². The molecule has 0 aliphatic carbocycles. The van der Waals surface area contributed by atoms with Crippen LogP contribution in [0.25, 0.3) is 0 Å². The van der Waals surface area contributed by atoms with Crippen molar-refractivity contribution in [1.82, 2.24) is 4.90 Å². The van der Waals surface area contributed by atoms with Crippen molar-refractivity contribution in [3.05, 3.63) is 89.6 Å². The lowest BCUT2D eigenvalue weighted by atomic mass is 9.98. The Bertz CT molecular complexity index is 1160. The van der Waals surface area contributed by atoms with Crippen LogP contribution < -0.4 is 5.73 Å². The Hall–Kier alpha value is -3.74. The van der Waals surface area contributed by atoms with Crippen LogP contribution in [-0.2, 0) is 17.6 Å². The first-order valence-electron chi connectivity index (χ1n) is 10.2. The van der Waals surface area contributed by atoms with Gasteiger partial charge >= 0.3 is 0 Å². The smallest absolute Gasteiger partial charge is 0.254 e. The van der Waals surface area contributed by atoms with E-state index in [0.717, 1.165) is 5.56 Å². The maximum Gasteiger partial charge on any atom is 0.254 e. The number of carbonyl (C=O) groups excluding carboxylic acids is 1. The molecule has 0 saturated carbocycles. The lowest BCUT2D eigenvalue weighted by Gasteiger charge is -2.33. The molecule has 1 aromatic heterocycles. The lowest BCUT2D eigenvalue weighted by molar-refractivity contribution is -0.128. The topological polar surface area (TPSA) is 84.2 Å². The summed E-state index contributed by atoms with van der Waals surface area (Å²) < 4.78 is 19.1. The zero-order chi connectivity index (χ0) is 21.4. The predicted octanol–water partition coefficient (Wildman–Crippen LogP) is 3.59. The minimum Gasteiger partial charge on any atom is -0.469 e. The van der Waals surface area contributed by atoms with Crippen molar-refractivity contribution >= 4 is 23.6 Å². The van der Waals surface area contributed by atoms with E-state index in [2.05, 4.69) is 0 Å². The number of rotatable bonds is 5. The highest BCUT2D eigenvalue weighted by molar-refractivity contribution is 6.12. The molecule has 0 fully saturated rings. The van der Waals surface area contributed by atoms with Crippen molar-refractivity contribution in [2.24, 2.45) is 9.98 Å². The third-order valence-electron chi connectivity index (χ3n) is 5.65. The number of hydrogen-bond acceptors (Lipinski definition) is 5. The number of benzene rings is 2. The average molecular weight is 416 g/mol. The summed E-state index contributed by atoms with van der Waals surface area (Å²) in [6.07, 6.45) is 4.33. The Morgan fingerprint density at radius 3 is 2.61 bits per heavy atom. The Morgan fingerprint density at radius 1 is 1.03 bits per heavy atom. The van der Waals surface area contributed by atoms with Crippen LogP contribution in [0.1, 0.15) is 22.9 Å². The summed E-state index contributed by atoms with van der Waals surface area (Å²) in [7, 11) is 0. The summed E-state index contributed by atoms with van der Waals surface area (Å²) in [6, 6.07) is 16.8. The fourth-order valence-electron chi connectivity index (χ4n) is 4.11. The van der Waals surface area contributed by atoms with E-state index < -0.39 is 17.9 Å². The van der Waals surface area contributed by atoms with E-state index in [1.807, 2.05) is 36.4 Å². The molecule has 3 heterocycles. The zero-order valence-corrected chi connectivity index (χ0v) is 16.7. The molecule has 2 aliphatic heterocycles. The fraction of sp³-hybridized carbons (Fsp3) is 0.208. The molecule has 3 unspecified atom stereocenters. The number of amides is 1. The van der Waals surface area contributed by atoms with Gasteiger partial charge in [-0.1, -0.05) is 36.4 Å². The van der Waals surface area contributed by atoms with Crippen LogP contribution in [0.3, 0.4) is 0 Å². The third kappa shape index (κ3) is 3.63. The Morgan fingerprint density at radius 2 is 1.87 bits per heavy atom. The number of furan rings is 1. The van der Waals surface area contributed by atoms with Crippen molar-refractivity contribution in [3.8, 4) is 0 Å². The van der Waals surface area contributed by atoms with Crippen molar-refractivity contribution in [3.63, 3.8) is 0 Å². The Kier molecular flexibility index (Phi) is 4.86. The lowest BCUT2D eigenvalue weighted by Crippen LogP contribution is -2.47. The molecule has 2 aromatic carbocycles. The SMILES string of the molecule is Nc1cc(C2C=NC(Cc3ccccc3)C3=NC(Cc4ccco4)C(=O)N32)ccc1F. The van der Waals surface area contributed by atoms with E-state index in [1.54, 1.807) is 35.6 Å². The van der Waals surface area contributed by atoms with Crippen LogP contribution in [0.15, 0.2) is 81.3 Å². The molecule has 7 heteroatoms. The van der Waals surface area contributed by atoms with Crippen LogP contribution in [0.5, 0.6) is 0 Å². The molecule has 31 heavy (non-hydrogen) atoms. The summed E-state index contributed by atoms with van der Waals surface area (Å²) in [4.78, 5) is 24.6. The van der Waals surface area contributed by atoms with Crippen LogP contribution >= 0.6 is 0 Å². The molecular weight excluding hydrogens is 395 g/mol. The number of amidine groups is 1. The summed E-state index contributed by atoms with van der Waals surface area (Å²) in [6.45, 7) is 0. The van der Waals surface area contributed by atoms with Gasteiger partial charge in [0.1, 0.15) is 29.5 Å². The van der Waals surface area contributed by atoms with Gasteiger partial charge < -0.3 is 10.2 Å². The van der Waals surface area contributed by atoms with Gasteiger partial charge in [0, 0.05) is 19.1 Å². The number of aliphatic imine (C=N–C) groups is 2. The molecule has 3 aromatic rings. The molecule has 0 bridgehead atoms. The summed E-state index contributed by atoms with van der Waals surface area (Å²) in [5.74, 6) is 0.714. The number of carbonyl (C=O) groups is 1. The number of nitrogen functional groups attached to an aromatic ring is 1. The minimum atomic E-state index is -0.582. The molecule has 156 valence electrons. The Labute approximate surface area is 178 Å². The zero-order valence-electron chi connectivity index (χ0n) is 16.7. The van der Waals surface area contributed by atoms with Crippen LogP contribution in [0.2, 0.25) is 0 Å². The second-order valence-corrected chi connectivity index (χ2v) is 7.72. The number of hydrogen-bond donors (Lipinski definition) is 1. The molecular formula is C24H21FN4O2. The van der Waals surface area contributed by atoms with Gasteiger partial charge in [0.15, 0.2) is 0 Å². The molecule has 0 saturated heterocycles. The second kappa shape index (κ2) is 7.83. The minimum absolute atomic E-state index is 0.0366. The summed E-state index contributed by atoms with van der Waals surface area (Å²) in [5, 5.41) is 0. The van der Waals surface area contributed by atoms with Crippen LogP contribution in [0, 0.1) is 5.82 Å². The normalized spacial score (nSPS) is 22.5. The number of anilines is 1. The number of nitrogens with zero attached hydrogens (tertiary/aromatic N) is 3. The molecule has 2 N–H and O–H groups in total. The molecule has 5 rings (SSSR count). The highest BCUT2D eigenvalue weighted by atomic mass is 19.1. The second-order valence-electron chi connectivity index (χ2n) is 7.72. The van der Waals surface area contributed by atoms with Crippen molar-refractivity contribution in [2.45, 2.75) is 31.0 Å². The van der Waals surface area contributed by atoms with Crippen molar-refractivity contribution in [2.75, 3.05) is 5.73 Å². The molecule has 1 amide bonds. The summed E-state index contributed by atoms with van der Waals surface area (Å²) >= 11 is 0. The molecule has 6 nitrogen and oxygen atoms in total.